The van der Waals surface area contributed by atoms with Crippen LogP contribution in [0.2, 0.25) is 0 Å². The topological polar surface area (TPSA) is 45.0 Å². The summed E-state index contributed by atoms with van der Waals surface area (Å²) in [5, 5.41) is 11.6. The van der Waals surface area contributed by atoms with Crippen molar-refractivity contribution in [1.29, 1.82) is 5.26 Å². The van der Waals surface area contributed by atoms with Crippen LogP contribution in [0.4, 0.5) is 0 Å². The van der Waals surface area contributed by atoms with Crippen LogP contribution < -0.4 is 5.32 Å². The zero-order valence-electron chi connectivity index (χ0n) is 9.05. The molecule has 76 valence electrons. The van der Waals surface area contributed by atoms with Gasteiger partial charge in [-0.1, -0.05) is 6.92 Å². The summed E-state index contributed by atoms with van der Waals surface area (Å²) < 4.78 is 5.62. The van der Waals surface area contributed by atoms with Crippen molar-refractivity contribution in [3.8, 4) is 6.07 Å². The summed E-state index contributed by atoms with van der Waals surface area (Å²) in [6.07, 6.45) is 1.74. The molecule has 3 heteroatoms. The molecule has 1 unspecified atom stereocenters. The predicted octanol–water partition coefficient (Wildman–Crippen LogP) is 1.69. The molecule has 0 heterocycles. The van der Waals surface area contributed by atoms with Crippen molar-refractivity contribution in [2.45, 2.75) is 45.3 Å². The highest BCUT2D eigenvalue weighted by Gasteiger charge is 2.15. The van der Waals surface area contributed by atoms with Gasteiger partial charge in [0.15, 0.2) is 0 Å². The van der Waals surface area contributed by atoms with Crippen molar-refractivity contribution in [3.05, 3.63) is 0 Å². The maximum Gasteiger partial charge on any atom is 0.0972 e. The van der Waals surface area contributed by atoms with Gasteiger partial charge in [-0.3, -0.25) is 0 Å². The smallest absolute Gasteiger partial charge is 0.0972 e. The molecule has 1 N–H and O–H groups in total. The Bertz CT molecular complexity index is 172. The van der Waals surface area contributed by atoms with E-state index in [0.29, 0.717) is 6.61 Å². The SMILES string of the molecule is CCC(C)(C)OCCC(C#N)NC. The Morgan fingerprint density at radius 2 is 2.15 bits per heavy atom. The quantitative estimate of drug-likeness (QED) is 0.683. The Hall–Kier alpha value is -0.590. The van der Waals surface area contributed by atoms with Crippen molar-refractivity contribution >= 4 is 0 Å². The van der Waals surface area contributed by atoms with Crippen molar-refractivity contribution in [2.75, 3.05) is 13.7 Å². The first-order valence-electron chi connectivity index (χ1n) is 4.76. The molecule has 3 nitrogen and oxygen atoms in total. The van der Waals surface area contributed by atoms with Gasteiger partial charge in [0.05, 0.1) is 17.7 Å². The molecule has 0 aliphatic carbocycles. The molecular formula is C10H20N2O. The highest BCUT2D eigenvalue weighted by molar-refractivity contribution is 4.88. The summed E-state index contributed by atoms with van der Waals surface area (Å²) in [5.74, 6) is 0. The summed E-state index contributed by atoms with van der Waals surface area (Å²) in [7, 11) is 1.79. The molecule has 0 aliphatic heterocycles. The lowest BCUT2D eigenvalue weighted by Gasteiger charge is -2.23. The third-order valence-electron chi connectivity index (χ3n) is 2.26. The van der Waals surface area contributed by atoms with Crippen LogP contribution in [-0.4, -0.2) is 25.3 Å². The third-order valence-corrected chi connectivity index (χ3v) is 2.26. The van der Waals surface area contributed by atoms with Gasteiger partial charge in [0, 0.05) is 6.61 Å². The lowest BCUT2D eigenvalue weighted by Crippen LogP contribution is -2.29. The molecule has 0 aromatic rings. The lowest BCUT2D eigenvalue weighted by atomic mass is 10.1. The number of nitriles is 1. The van der Waals surface area contributed by atoms with E-state index in [4.69, 9.17) is 10.00 Å². The fraction of sp³-hybridized carbons (Fsp3) is 0.900. The lowest BCUT2D eigenvalue weighted by molar-refractivity contribution is -0.0222. The van der Waals surface area contributed by atoms with Crippen molar-refractivity contribution in [2.24, 2.45) is 0 Å². The molecule has 0 rings (SSSR count). The van der Waals surface area contributed by atoms with Crippen molar-refractivity contribution in [1.82, 2.24) is 5.32 Å². The van der Waals surface area contributed by atoms with Gasteiger partial charge in [-0.05, 0) is 33.7 Å². The van der Waals surface area contributed by atoms with Crippen LogP contribution in [0, 0.1) is 11.3 Å². The molecular weight excluding hydrogens is 164 g/mol. The first-order chi connectivity index (χ1) is 6.05. The van der Waals surface area contributed by atoms with Crippen LogP contribution in [0.25, 0.3) is 0 Å². The Labute approximate surface area is 81.1 Å². The molecule has 0 aliphatic rings. The van der Waals surface area contributed by atoms with E-state index < -0.39 is 0 Å². The Morgan fingerprint density at radius 3 is 2.54 bits per heavy atom. The fourth-order valence-corrected chi connectivity index (χ4v) is 0.829. The summed E-state index contributed by atoms with van der Waals surface area (Å²) in [6, 6.07) is 2.07. The molecule has 0 amide bonds. The molecule has 0 bridgehead atoms. The predicted molar refractivity (Wildman–Crippen MR) is 53.4 cm³/mol. The van der Waals surface area contributed by atoms with E-state index in [1.54, 1.807) is 7.05 Å². The van der Waals surface area contributed by atoms with Crippen LogP contribution in [0.3, 0.4) is 0 Å². The summed E-state index contributed by atoms with van der Waals surface area (Å²) in [6.45, 7) is 6.86. The maximum atomic E-state index is 8.64. The van der Waals surface area contributed by atoms with Gasteiger partial charge in [-0.25, -0.2) is 0 Å². The fourth-order valence-electron chi connectivity index (χ4n) is 0.829. The Morgan fingerprint density at radius 1 is 1.54 bits per heavy atom. The molecule has 0 aromatic heterocycles. The van der Waals surface area contributed by atoms with Gasteiger partial charge in [0.2, 0.25) is 0 Å². The highest BCUT2D eigenvalue weighted by atomic mass is 16.5. The zero-order valence-corrected chi connectivity index (χ0v) is 9.05. The number of rotatable bonds is 6. The van der Waals surface area contributed by atoms with Gasteiger partial charge < -0.3 is 10.1 Å². The van der Waals surface area contributed by atoms with Crippen LogP contribution >= 0.6 is 0 Å². The van der Waals surface area contributed by atoms with Crippen molar-refractivity contribution in [3.63, 3.8) is 0 Å². The van der Waals surface area contributed by atoms with Crippen LogP contribution in [-0.2, 0) is 4.74 Å². The van der Waals surface area contributed by atoms with Crippen LogP contribution in [0.5, 0.6) is 0 Å². The molecule has 1 atom stereocenters. The second kappa shape index (κ2) is 5.95. The van der Waals surface area contributed by atoms with E-state index >= 15 is 0 Å². The molecule has 0 radical (unpaired) electrons. The van der Waals surface area contributed by atoms with Gasteiger partial charge in [-0.15, -0.1) is 0 Å². The van der Waals surface area contributed by atoms with E-state index in [2.05, 4.69) is 32.2 Å². The van der Waals surface area contributed by atoms with E-state index in [1.807, 2.05) is 0 Å². The van der Waals surface area contributed by atoms with Gasteiger partial charge >= 0.3 is 0 Å². The second-order valence-electron chi connectivity index (χ2n) is 3.72. The van der Waals surface area contributed by atoms with Gasteiger partial charge in [0.1, 0.15) is 0 Å². The Balaban J connectivity index is 3.62. The van der Waals surface area contributed by atoms with Crippen LogP contribution in [0.15, 0.2) is 0 Å². The monoisotopic (exact) mass is 184 g/mol. The number of ether oxygens (including phenoxy) is 1. The number of hydrogen-bond acceptors (Lipinski definition) is 3. The van der Waals surface area contributed by atoms with Gasteiger partial charge in [-0.2, -0.15) is 5.26 Å². The zero-order chi connectivity index (χ0) is 10.3. The van der Waals surface area contributed by atoms with E-state index in [-0.39, 0.29) is 11.6 Å². The minimum absolute atomic E-state index is 0.0618. The molecule has 0 spiro atoms. The highest BCUT2D eigenvalue weighted by Crippen LogP contribution is 2.13. The molecule has 0 saturated heterocycles. The normalized spacial score (nSPS) is 13.8. The molecule has 0 saturated carbocycles. The minimum atomic E-state index is -0.0901. The third kappa shape index (κ3) is 5.62. The number of hydrogen-bond donors (Lipinski definition) is 1. The first kappa shape index (κ1) is 12.4. The standard InChI is InChI=1S/C10H20N2O/c1-5-10(2,3)13-7-6-9(8-11)12-4/h9,12H,5-7H2,1-4H3. The average molecular weight is 184 g/mol. The Kier molecular flexibility index (Phi) is 5.68. The van der Waals surface area contributed by atoms with E-state index in [9.17, 15) is 0 Å². The second-order valence-corrected chi connectivity index (χ2v) is 3.72. The first-order valence-corrected chi connectivity index (χ1v) is 4.76. The average Bonchev–Trinajstić information content (AvgIpc) is 2.12. The van der Waals surface area contributed by atoms with E-state index in [1.165, 1.54) is 0 Å². The minimum Gasteiger partial charge on any atom is -0.375 e. The summed E-state index contributed by atoms with van der Waals surface area (Å²) in [5.41, 5.74) is -0.0618. The summed E-state index contributed by atoms with van der Waals surface area (Å²) in [4.78, 5) is 0. The largest absolute Gasteiger partial charge is 0.375 e. The maximum absolute atomic E-state index is 8.64. The molecule has 0 fully saturated rings. The molecule has 0 aromatic carbocycles. The van der Waals surface area contributed by atoms with Crippen molar-refractivity contribution < 1.29 is 4.74 Å². The molecule has 13 heavy (non-hydrogen) atoms. The summed E-state index contributed by atoms with van der Waals surface area (Å²) >= 11 is 0. The van der Waals surface area contributed by atoms with Crippen LogP contribution in [0.1, 0.15) is 33.6 Å². The van der Waals surface area contributed by atoms with E-state index in [0.717, 1.165) is 12.8 Å². The number of nitrogens with one attached hydrogen (secondary N) is 1. The van der Waals surface area contributed by atoms with Gasteiger partial charge in [0.25, 0.3) is 0 Å². The number of nitrogens with zero attached hydrogens (tertiary/aromatic N) is 1.